The molecule has 0 aliphatic heterocycles. The molecule has 2 rings (SSSR count). The Bertz CT molecular complexity index is 635. The smallest absolute Gasteiger partial charge is 0.350 e. The monoisotopic (exact) mass is 292 g/mol. The van der Waals surface area contributed by atoms with Gasteiger partial charge in [0.15, 0.2) is 0 Å². The van der Waals surface area contributed by atoms with Gasteiger partial charge in [-0.15, -0.1) is 11.3 Å². The number of aryl methyl sites for hydroxylation is 1. The second-order valence-corrected chi connectivity index (χ2v) is 4.92. The third kappa shape index (κ3) is 3.21. The van der Waals surface area contributed by atoms with Crippen molar-refractivity contribution < 1.29 is 13.9 Å². The van der Waals surface area contributed by atoms with Crippen LogP contribution in [-0.4, -0.2) is 19.3 Å². The summed E-state index contributed by atoms with van der Waals surface area (Å²) in [5.74, 6) is -0.695. The predicted octanol–water partition coefficient (Wildman–Crippen LogP) is 3.43. The van der Waals surface area contributed by atoms with Gasteiger partial charge in [0.2, 0.25) is 0 Å². The number of carbonyl (C=O) groups is 1. The molecular weight excluding hydrogens is 279 g/mol. The summed E-state index contributed by atoms with van der Waals surface area (Å²) in [6, 6.07) is 5.94. The Morgan fingerprint density at radius 1 is 1.40 bits per heavy atom. The van der Waals surface area contributed by atoms with Crippen LogP contribution in [0.4, 0.5) is 10.1 Å². The number of methoxy groups -OCH3 is 1. The van der Waals surface area contributed by atoms with Crippen LogP contribution in [-0.2, 0) is 4.74 Å². The topological polar surface area (TPSA) is 50.7 Å². The van der Waals surface area contributed by atoms with Crippen molar-refractivity contribution in [1.29, 1.82) is 0 Å². The fourth-order valence-electron chi connectivity index (χ4n) is 1.55. The summed E-state index contributed by atoms with van der Waals surface area (Å²) in [6.07, 6.45) is 1.55. The Hall–Kier alpha value is -2.21. The third-order valence-electron chi connectivity index (χ3n) is 2.61. The second kappa shape index (κ2) is 6.29. The summed E-state index contributed by atoms with van der Waals surface area (Å²) in [6.45, 7) is 1.87. The molecular formula is C14H13FN2O2S. The lowest BCUT2D eigenvalue weighted by molar-refractivity contribution is 0.0607. The molecule has 1 aromatic heterocycles. The first kappa shape index (κ1) is 14.2. The van der Waals surface area contributed by atoms with E-state index < -0.39 is 5.97 Å². The van der Waals surface area contributed by atoms with Crippen molar-refractivity contribution in [3.63, 3.8) is 0 Å². The van der Waals surface area contributed by atoms with Gasteiger partial charge < -0.3 is 4.74 Å². The zero-order chi connectivity index (χ0) is 14.5. The highest BCUT2D eigenvalue weighted by molar-refractivity contribution is 7.12. The first-order valence-electron chi connectivity index (χ1n) is 5.83. The van der Waals surface area contributed by atoms with Crippen LogP contribution >= 0.6 is 11.3 Å². The average molecular weight is 292 g/mol. The molecule has 0 radical (unpaired) electrons. The van der Waals surface area contributed by atoms with Crippen molar-refractivity contribution in [1.82, 2.24) is 0 Å². The number of nitrogens with zero attached hydrogens (tertiary/aromatic N) is 1. The number of hydrogen-bond donors (Lipinski definition) is 1. The molecule has 0 bridgehead atoms. The minimum Gasteiger partial charge on any atom is -0.465 e. The molecule has 0 spiro atoms. The van der Waals surface area contributed by atoms with Crippen LogP contribution in [0.5, 0.6) is 0 Å². The van der Waals surface area contributed by atoms with Crippen LogP contribution < -0.4 is 5.43 Å². The second-order valence-electron chi connectivity index (χ2n) is 4.04. The fourth-order valence-corrected chi connectivity index (χ4v) is 2.46. The van der Waals surface area contributed by atoms with Crippen molar-refractivity contribution in [3.8, 4) is 0 Å². The Morgan fingerprint density at radius 2 is 2.10 bits per heavy atom. The highest BCUT2D eigenvalue weighted by Gasteiger charge is 2.15. The molecule has 1 N–H and O–H groups in total. The molecule has 0 aliphatic carbocycles. The van der Waals surface area contributed by atoms with Gasteiger partial charge in [0, 0.05) is 0 Å². The number of hydrazone groups is 1. The Kier molecular flexibility index (Phi) is 4.47. The maximum Gasteiger partial charge on any atom is 0.350 e. The molecule has 1 aromatic carbocycles. The Morgan fingerprint density at radius 3 is 2.75 bits per heavy atom. The summed E-state index contributed by atoms with van der Waals surface area (Å²) in [4.78, 5) is 12.0. The summed E-state index contributed by atoms with van der Waals surface area (Å²) in [5.41, 5.74) is 5.12. The van der Waals surface area contributed by atoms with Gasteiger partial charge in [0.05, 0.1) is 19.0 Å². The van der Waals surface area contributed by atoms with E-state index in [1.54, 1.807) is 18.3 Å². The van der Waals surface area contributed by atoms with Gasteiger partial charge in [-0.3, -0.25) is 5.43 Å². The number of rotatable bonds is 4. The molecule has 2 aromatic rings. The van der Waals surface area contributed by atoms with Gasteiger partial charge >= 0.3 is 5.97 Å². The fraction of sp³-hybridized carbons (Fsp3) is 0.143. The number of halogens is 1. The molecule has 4 nitrogen and oxygen atoms in total. The lowest BCUT2D eigenvalue weighted by Crippen LogP contribution is -2.02. The quantitative estimate of drug-likeness (QED) is 0.533. The van der Waals surface area contributed by atoms with Gasteiger partial charge in [-0.1, -0.05) is 12.1 Å². The lowest BCUT2D eigenvalue weighted by atomic mass is 10.2. The van der Waals surface area contributed by atoms with Crippen LogP contribution in [0.15, 0.2) is 34.7 Å². The lowest BCUT2D eigenvalue weighted by Gasteiger charge is -2.03. The highest BCUT2D eigenvalue weighted by atomic mass is 32.1. The van der Waals surface area contributed by atoms with E-state index in [1.807, 2.05) is 12.3 Å². The first-order chi connectivity index (χ1) is 9.61. The molecule has 0 atom stereocenters. The maximum atomic E-state index is 12.8. The Labute approximate surface area is 119 Å². The van der Waals surface area contributed by atoms with E-state index in [4.69, 9.17) is 4.74 Å². The standard InChI is InChI=1S/C14H13FN2O2S/c1-9-8-20-13(14(18)19-2)12(9)17-16-7-10-3-5-11(15)6-4-10/h3-8,17H,1-2H3. The number of carbonyl (C=O) groups excluding carboxylic acids is 1. The van der Waals surface area contributed by atoms with Crippen molar-refractivity contribution in [3.05, 3.63) is 51.5 Å². The molecule has 0 saturated carbocycles. The van der Waals surface area contributed by atoms with Crippen LogP contribution in [0.1, 0.15) is 20.8 Å². The van der Waals surface area contributed by atoms with Gasteiger partial charge in [-0.05, 0) is 35.6 Å². The number of hydrogen-bond acceptors (Lipinski definition) is 5. The van der Waals surface area contributed by atoms with Crippen LogP contribution in [0.25, 0.3) is 0 Å². The van der Waals surface area contributed by atoms with E-state index in [1.165, 1.54) is 30.6 Å². The molecule has 1 heterocycles. The number of esters is 1. The van der Waals surface area contributed by atoms with Crippen molar-refractivity contribution in [2.24, 2.45) is 5.10 Å². The predicted molar refractivity (Wildman–Crippen MR) is 78.0 cm³/mol. The largest absolute Gasteiger partial charge is 0.465 e. The van der Waals surface area contributed by atoms with E-state index in [9.17, 15) is 9.18 Å². The Balaban J connectivity index is 2.12. The van der Waals surface area contributed by atoms with Crippen molar-refractivity contribution in [2.45, 2.75) is 6.92 Å². The molecule has 0 aliphatic rings. The normalized spacial score (nSPS) is 10.8. The van der Waals surface area contributed by atoms with E-state index in [2.05, 4.69) is 10.5 Å². The first-order valence-corrected chi connectivity index (χ1v) is 6.71. The zero-order valence-electron chi connectivity index (χ0n) is 11.0. The molecule has 0 unspecified atom stereocenters. The number of nitrogens with one attached hydrogen (secondary N) is 1. The van der Waals surface area contributed by atoms with Crippen molar-refractivity contribution >= 4 is 29.2 Å². The van der Waals surface area contributed by atoms with Crippen LogP contribution in [0.2, 0.25) is 0 Å². The van der Waals surface area contributed by atoms with Gasteiger partial charge in [0.1, 0.15) is 10.7 Å². The number of benzene rings is 1. The average Bonchev–Trinajstić information content (AvgIpc) is 2.82. The van der Waals surface area contributed by atoms with Gasteiger partial charge in [-0.25, -0.2) is 9.18 Å². The minimum absolute atomic E-state index is 0.295. The van der Waals surface area contributed by atoms with E-state index in [-0.39, 0.29) is 5.82 Å². The summed E-state index contributed by atoms with van der Waals surface area (Å²) in [7, 11) is 1.34. The highest BCUT2D eigenvalue weighted by Crippen LogP contribution is 2.28. The molecule has 20 heavy (non-hydrogen) atoms. The molecule has 6 heteroatoms. The van der Waals surface area contributed by atoms with Crippen LogP contribution in [0, 0.1) is 12.7 Å². The summed E-state index contributed by atoms with van der Waals surface area (Å²) < 4.78 is 17.5. The molecule has 0 fully saturated rings. The van der Waals surface area contributed by atoms with E-state index in [0.29, 0.717) is 10.6 Å². The minimum atomic E-state index is -0.400. The van der Waals surface area contributed by atoms with Crippen LogP contribution in [0.3, 0.4) is 0 Å². The summed E-state index contributed by atoms with van der Waals surface area (Å²) in [5, 5.41) is 5.90. The maximum absolute atomic E-state index is 12.8. The number of thiophene rings is 1. The molecule has 0 amide bonds. The SMILES string of the molecule is COC(=O)c1scc(C)c1NN=Cc1ccc(F)cc1. The third-order valence-corrected chi connectivity index (χ3v) is 3.68. The van der Waals surface area contributed by atoms with E-state index >= 15 is 0 Å². The van der Waals surface area contributed by atoms with Gasteiger partial charge in [0.25, 0.3) is 0 Å². The number of anilines is 1. The number of ether oxygens (including phenoxy) is 1. The van der Waals surface area contributed by atoms with E-state index in [0.717, 1.165) is 11.1 Å². The van der Waals surface area contributed by atoms with Gasteiger partial charge in [-0.2, -0.15) is 5.10 Å². The zero-order valence-corrected chi connectivity index (χ0v) is 11.8. The van der Waals surface area contributed by atoms with Crippen molar-refractivity contribution in [2.75, 3.05) is 12.5 Å². The molecule has 0 saturated heterocycles. The molecule has 104 valence electrons. The summed E-state index contributed by atoms with van der Waals surface area (Å²) >= 11 is 1.30.